The number of fused-ring (bicyclic) bond motifs is 6. The molecular formula is C48H36N2. The zero-order chi connectivity index (χ0) is 33.6. The summed E-state index contributed by atoms with van der Waals surface area (Å²) in [5.41, 5.74) is 14.5. The maximum atomic E-state index is 2.40. The Bertz CT molecular complexity index is 2760. The largest absolute Gasteiger partial charge is 0.313 e. The van der Waals surface area contributed by atoms with Gasteiger partial charge in [-0.3, -0.25) is 0 Å². The zero-order valence-corrected chi connectivity index (χ0v) is 28.2. The molecule has 0 atom stereocenters. The Morgan fingerprint density at radius 2 is 0.960 bits per heavy atom. The molecule has 9 rings (SSSR count). The lowest BCUT2D eigenvalue weighted by Gasteiger charge is -2.11. The molecule has 0 aliphatic carbocycles. The van der Waals surface area contributed by atoms with Crippen molar-refractivity contribution in [2.45, 2.75) is 13.8 Å². The molecule has 0 saturated heterocycles. The molecule has 9 aromatic rings. The fourth-order valence-electron chi connectivity index (χ4n) is 7.67. The van der Waals surface area contributed by atoms with Crippen LogP contribution in [-0.2, 0) is 0 Å². The number of allylic oxidation sites excluding steroid dienone is 4. The van der Waals surface area contributed by atoms with E-state index in [4.69, 9.17) is 0 Å². The maximum Gasteiger partial charge on any atom is 0.0541 e. The lowest BCUT2D eigenvalue weighted by molar-refractivity contribution is 1.18. The Kier molecular flexibility index (Phi) is 7.29. The highest BCUT2D eigenvalue weighted by Crippen LogP contribution is 2.39. The first-order valence-electron chi connectivity index (χ1n) is 17.3. The van der Waals surface area contributed by atoms with Crippen molar-refractivity contribution in [2.75, 3.05) is 0 Å². The molecule has 0 amide bonds. The zero-order valence-electron chi connectivity index (χ0n) is 28.2. The summed E-state index contributed by atoms with van der Waals surface area (Å²) < 4.78 is 4.81. The predicted molar refractivity (Wildman–Crippen MR) is 215 cm³/mol. The second kappa shape index (κ2) is 12.3. The Balaban J connectivity index is 1.18. The van der Waals surface area contributed by atoms with E-state index >= 15 is 0 Å². The van der Waals surface area contributed by atoms with Crippen LogP contribution in [0.4, 0.5) is 0 Å². The van der Waals surface area contributed by atoms with Crippen molar-refractivity contribution in [1.29, 1.82) is 0 Å². The van der Waals surface area contributed by atoms with Crippen LogP contribution in [0.3, 0.4) is 0 Å². The molecular weight excluding hydrogens is 605 g/mol. The first-order valence-corrected chi connectivity index (χ1v) is 17.3. The minimum absolute atomic E-state index is 1.16. The van der Waals surface area contributed by atoms with E-state index in [0.717, 1.165) is 5.69 Å². The summed E-state index contributed by atoms with van der Waals surface area (Å²) in [5.74, 6) is 0. The van der Waals surface area contributed by atoms with Gasteiger partial charge in [-0.25, -0.2) is 0 Å². The Labute approximate surface area is 292 Å². The SMILES string of the molecule is C/C=C(\C=C(/C)n1c2ccccc2c2cc(-c3ccc4c(c3)c3ccccc3n4-c3cccc(-c4ccccc4)c3)ccc21)c1ccccc1. The maximum absolute atomic E-state index is 2.40. The first kappa shape index (κ1) is 29.7. The third-order valence-electron chi connectivity index (χ3n) is 10.0. The molecule has 0 spiro atoms. The van der Waals surface area contributed by atoms with Crippen LogP contribution >= 0.6 is 0 Å². The van der Waals surface area contributed by atoms with Crippen LogP contribution in [0.15, 0.2) is 182 Å². The fourth-order valence-corrected chi connectivity index (χ4v) is 7.67. The third-order valence-corrected chi connectivity index (χ3v) is 10.0. The van der Waals surface area contributed by atoms with Gasteiger partial charge in [0.25, 0.3) is 0 Å². The van der Waals surface area contributed by atoms with Crippen molar-refractivity contribution in [1.82, 2.24) is 9.13 Å². The predicted octanol–water partition coefficient (Wildman–Crippen LogP) is 13.2. The monoisotopic (exact) mass is 640 g/mol. The Morgan fingerprint density at radius 3 is 1.68 bits per heavy atom. The van der Waals surface area contributed by atoms with Gasteiger partial charge in [0.15, 0.2) is 0 Å². The van der Waals surface area contributed by atoms with Crippen LogP contribution in [0.25, 0.3) is 82.8 Å². The van der Waals surface area contributed by atoms with Gasteiger partial charge in [-0.2, -0.15) is 0 Å². The molecule has 50 heavy (non-hydrogen) atoms. The summed E-state index contributed by atoms with van der Waals surface area (Å²) in [7, 11) is 0. The molecule has 2 aromatic heterocycles. The Hall–Kier alpha value is -6.38. The molecule has 0 aliphatic heterocycles. The number of hydrogen-bond donors (Lipinski definition) is 0. The van der Waals surface area contributed by atoms with E-state index in [-0.39, 0.29) is 0 Å². The highest BCUT2D eigenvalue weighted by molar-refractivity contribution is 6.13. The molecule has 2 heterocycles. The smallest absolute Gasteiger partial charge is 0.0541 e. The molecule has 0 N–H and O–H groups in total. The van der Waals surface area contributed by atoms with E-state index in [1.807, 2.05) is 0 Å². The lowest BCUT2D eigenvalue weighted by Crippen LogP contribution is -1.94. The molecule has 7 aromatic carbocycles. The average Bonchev–Trinajstić information content (AvgIpc) is 3.70. The standard InChI is InChI=1S/C48H36N2/c1-3-34(35-15-6-4-7-16-35)29-33(2)49-45-23-12-10-21-41(45)43-31-38(25-27-47(43)49)39-26-28-48-44(32-39)42-22-11-13-24-46(42)50(48)40-20-14-19-37(30-40)36-17-8-5-9-18-36/h3-32H,1-2H3/b33-29+,34-3+. The molecule has 0 radical (unpaired) electrons. The fraction of sp³-hybridized carbons (Fsp3) is 0.0417. The third kappa shape index (κ3) is 4.96. The van der Waals surface area contributed by atoms with Gasteiger partial charge in [0, 0.05) is 32.9 Å². The summed E-state index contributed by atoms with van der Waals surface area (Å²) in [6, 6.07) is 61.5. The van der Waals surface area contributed by atoms with Crippen molar-refractivity contribution in [3.8, 4) is 27.9 Å². The van der Waals surface area contributed by atoms with Crippen molar-refractivity contribution < 1.29 is 0 Å². The topological polar surface area (TPSA) is 9.86 Å². The highest BCUT2D eigenvalue weighted by Gasteiger charge is 2.16. The second-order valence-corrected chi connectivity index (χ2v) is 13.0. The molecule has 2 nitrogen and oxygen atoms in total. The number of aromatic nitrogens is 2. The summed E-state index contributed by atoms with van der Waals surface area (Å²) in [5, 5.41) is 5.03. The van der Waals surface area contributed by atoms with Crippen LogP contribution in [0.2, 0.25) is 0 Å². The van der Waals surface area contributed by atoms with Crippen LogP contribution in [0.1, 0.15) is 19.4 Å². The first-order chi connectivity index (χ1) is 24.7. The van der Waals surface area contributed by atoms with Crippen molar-refractivity contribution in [2.24, 2.45) is 0 Å². The highest BCUT2D eigenvalue weighted by atomic mass is 15.0. The van der Waals surface area contributed by atoms with Crippen molar-refractivity contribution in [3.63, 3.8) is 0 Å². The normalized spacial score (nSPS) is 12.4. The van der Waals surface area contributed by atoms with Gasteiger partial charge in [0.2, 0.25) is 0 Å². The van der Waals surface area contributed by atoms with E-state index in [2.05, 4.69) is 205 Å². The van der Waals surface area contributed by atoms with E-state index in [9.17, 15) is 0 Å². The lowest BCUT2D eigenvalue weighted by atomic mass is 10.0. The van der Waals surface area contributed by atoms with Crippen molar-refractivity contribution >= 4 is 54.9 Å². The Morgan fingerprint density at radius 1 is 0.440 bits per heavy atom. The summed E-state index contributed by atoms with van der Waals surface area (Å²) >= 11 is 0. The number of hydrogen-bond acceptors (Lipinski definition) is 0. The van der Waals surface area contributed by atoms with Gasteiger partial charge in [-0.05, 0) is 102 Å². The van der Waals surface area contributed by atoms with Crippen LogP contribution < -0.4 is 0 Å². The average molecular weight is 641 g/mol. The molecule has 0 fully saturated rings. The van der Waals surface area contributed by atoms with Gasteiger partial charge in [-0.15, -0.1) is 0 Å². The van der Waals surface area contributed by atoms with Crippen LogP contribution in [0.5, 0.6) is 0 Å². The second-order valence-electron chi connectivity index (χ2n) is 13.0. The van der Waals surface area contributed by atoms with E-state index in [0.29, 0.717) is 0 Å². The van der Waals surface area contributed by atoms with Crippen molar-refractivity contribution in [3.05, 3.63) is 188 Å². The molecule has 0 bridgehead atoms. The molecule has 238 valence electrons. The number of rotatable bonds is 6. The number of para-hydroxylation sites is 2. The summed E-state index contributed by atoms with van der Waals surface area (Å²) in [6.07, 6.45) is 4.49. The van der Waals surface area contributed by atoms with Gasteiger partial charge >= 0.3 is 0 Å². The number of nitrogens with zero attached hydrogens (tertiary/aromatic N) is 2. The minimum atomic E-state index is 1.16. The summed E-state index contributed by atoms with van der Waals surface area (Å²) in [4.78, 5) is 0. The summed E-state index contributed by atoms with van der Waals surface area (Å²) in [6.45, 7) is 4.33. The van der Waals surface area contributed by atoms with E-state index in [1.165, 1.54) is 82.7 Å². The minimum Gasteiger partial charge on any atom is -0.313 e. The molecule has 0 unspecified atom stereocenters. The molecule has 0 saturated carbocycles. The van der Waals surface area contributed by atoms with Gasteiger partial charge < -0.3 is 9.13 Å². The number of benzene rings is 7. The van der Waals surface area contributed by atoms with E-state index < -0.39 is 0 Å². The van der Waals surface area contributed by atoms with Crippen LogP contribution in [-0.4, -0.2) is 9.13 Å². The molecule has 0 aliphatic rings. The molecule has 2 heteroatoms. The van der Waals surface area contributed by atoms with Gasteiger partial charge in [0.1, 0.15) is 0 Å². The van der Waals surface area contributed by atoms with Crippen LogP contribution in [0, 0.1) is 0 Å². The van der Waals surface area contributed by atoms with Gasteiger partial charge in [-0.1, -0.05) is 127 Å². The quantitative estimate of drug-likeness (QED) is 0.160. The van der Waals surface area contributed by atoms with Gasteiger partial charge in [0.05, 0.1) is 22.1 Å². The van der Waals surface area contributed by atoms with E-state index in [1.54, 1.807) is 0 Å².